The Labute approximate surface area is 163 Å². The van der Waals surface area contributed by atoms with E-state index in [1.54, 1.807) is 61.7 Å². The van der Waals surface area contributed by atoms with Gasteiger partial charge in [0, 0.05) is 16.9 Å². The second-order valence-corrected chi connectivity index (χ2v) is 6.48. The fourth-order valence-corrected chi connectivity index (χ4v) is 3.02. The van der Waals surface area contributed by atoms with Gasteiger partial charge in [-0.25, -0.2) is 0 Å². The minimum absolute atomic E-state index is 0.215. The van der Waals surface area contributed by atoms with Gasteiger partial charge in [-0.05, 0) is 71.1 Å². The van der Waals surface area contributed by atoms with Gasteiger partial charge in [-0.3, -0.25) is 9.59 Å². The molecule has 6 nitrogen and oxygen atoms in total. The first-order valence-corrected chi connectivity index (χ1v) is 8.74. The minimum Gasteiger partial charge on any atom is -0.496 e. The van der Waals surface area contributed by atoms with E-state index in [1.807, 2.05) is 0 Å². The maximum atomic E-state index is 12.4. The van der Waals surface area contributed by atoms with Crippen LogP contribution in [0.5, 0.6) is 5.75 Å². The molecule has 0 fully saturated rings. The molecule has 3 aromatic rings. The van der Waals surface area contributed by atoms with Crippen LogP contribution in [0.3, 0.4) is 0 Å². The van der Waals surface area contributed by atoms with Crippen molar-refractivity contribution in [2.45, 2.75) is 0 Å². The maximum absolute atomic E-state index is 12.4. The van der Waals surface area contributed by atoms with Crippen LogP contribution in [0.25, 0.3) is 0 Å². The Bertz CT molecular complexity index is 938. The van der Waals surface area contributed by atoms with E-state index < -0.39 is 0 Å². The number of anilines is 2. The van der Waals surface area contributed by atoms with Crippen LogP contribution >= 0.6 is 22.6 Å². The number of amides is 2. The number of rotatable bonds is 5. The Morgan fingerprint density at radius 2 is 1.69 bits per heavy atom. The van der Waals surface area contributed by atoms with Gasteiger partial charge >= 0.3 is 0 Å². The lowest BCUT2D eigenvalue weighted by Gasteiger charge is -2.09. The molecule has 0 saturated carbocycles. The van der Waals surface area contributed by atoms with Crippen LogP contribution < -0.4 is 15.4 Å². The largest absolute Gasteiger partial charge is 0.496 e. The van der Waals surface area contributed by atoms with E-state index in [9.17, 15) is 9.59 Å². The van der Waals surface area contributed by atoms with Gasteiger partial charge in [-0.15, -0.1) is 0 Å². The van der Waals surface area contributed by atoms with Crippen LogP contribution in [0.2, 0.25) is 0 Å². The van der Waals surface area contributed by atoms with Gasteiger partial charge in [0.15, 0.2) is 5.76 Å². The molecule has 26 heavy (non-hydrogen) atoms. The highest BCUT2D eigenvalue weighted by molar-refractivity contribution is 14.1. The molecule has 0 saturated heterocycles. The SMILES string of the molecule is COc1ccc(C(=O)Nc2cccc(NC(=O)c3ccco3)c2)cc1I. The van der Waals surface area contributed by atoms with Crippen LogP contribution in [0.1, 0.15) is 20.9 Å². The summed E-state index contributed by atoms with van der Waals surface area (Å²) in [6.07, 6.45) is 1.43. The van der Waals surface area contributed by atoms with Gasteiger partial charge < -0.3 is 19.8 Å². The summed E-state index contributed by atoms with van der Waals surface area (Å²) in [4.78, 5) is 24.5. The van der Waals surface area contributed by atoms with Crippen molar-refractivity contribution in [3.05, 3.63) is 75.8 Å². The number of methoxy groups -OCH3 is 1. The smallest absolute Gasteiger partial charge is 0.291 e. The molecule has 0 radical (unpaired) electrons. The van der Waals surface area contributed by atoms with Gasteiger partial charge in [-0.1, -0.05) is 6.07 Å². The molecule has 1 aromatic heterocycles. The number of ether oxygens (including phenoxy) is 1. The quantitative estimate of drug-likeness (QED) is 0.551. The molecule has 1 heterocycles. The molecule has 0 bridgehead atoms. The third-order valence-electron chi connectivity index (χ3n) is 3.54. The Kier molecular flexibility index (Phi) is 5.57. The first-order valence-electron chi connectivity index (χ1n) is 7.66. The number of hydrogen-bond donors (Lipinski definition) is 2. The van der Waals surface area contributed by atoms with E-state index in [4.69, 9.17) is 9.15 Å². The molecule has 0 atom stereocenters. The number of carbonyl (C=O) groups excluding carboxylic acids is 2. The van der Waals surface area contributed by atoms with Crippen LogP contribution in [0, 0.1) is 3.57 Å². The average Bonchev–Trinajstić information content (AvgIpc) is 3.16. The Morgan fingerprint density at radius 1 is 0.962 bits per heavy atom. The van der Waals surface area contributed by atoms with Crippen molar-refractivity contribution in [1.29, 1.82) is 0 Å². The predicted octanol–water partition coefficient (Wildman–Crippen LogP) is 4.40. The van der Waals surface area contributed by atoms with Gasteiger partial charge in [0.1, 0.15) is 5.75 Å². The number of furan rings is 1. The number of nitrogens with one attached hydrogen (secondary N) is 2. The van der Waals surface area contributed by atoms with Crippen molar-refractivity contribution in [3.8, 4) is 5.75 Å². The molecule has 0 aliphatic carbocycles. The van der Waals surface area contributed by atoms with Crippen molar-refractivity contribution in [3.63, 3.8) is 0 Å². The van der Waals surface area contributed by atoms with Gasteiger partial charge in [-0.2, -0.15) is 0 Å². The molecule has 2 amide bonds. The predicted molar refractivity (Wildman–Crippen MR) is 107 cm³/mol. The summed E-state index contributed by atoms with van der Waals surface area (Å²) < 4.78 is 11.1. The van der Waals surface area contributed by atoms with E-state index >= 15 is 0 Å². The van der Waals surface area contributed by atoms with Crippen LogP contribution in [-0.2, 0) is 0 Å². The molecule has 0 spiro atoms. The van der Waals surface area contributed by atoms with Crippen molar-refractivity contribution in [1.82, 2.24) is 0 Å². The second kappa shape index (κ2) is 8.05. The fraction of sp³-hybridized carbons (Fsp3) is 0.0526. The van der Waals surface area contributed by atoms with Gasteiger partial charge in [0.05, 0.1) is 16.9 Å². The van der Waals surface area contributed by atoms with Gasteiger partial charge in [0.25, 0.3) is 11.8 Å². The van der Waals surface area contributed by atoms with Crippen LogP contribution in [0.15, 0.2) is 65.3 Å². The Morgan fingerprint density at radius 3 is 2.31 bits per heavy atom. The summed E-state index contributed by atoms with van der Waals surface area (Å²) in [6, 6.07) is 15.3. The van der Waals surface area contributed by atoms with Crippen LogP contribution in [-0.4, -0.2) is 18.9 Å². The monoisotopic (exact) mass is 462 g/mol. The third-order valence-corrected chi connectivity index (χ3v) is 4.38. The number of carbonyl (C=O) groups is 2. The first kappa shape index (κ1) is 18.0. The molecule has 2 N–H and O–H groups in total. The summed E-state index contributed by atoms with van der Waals surface area (Å²) in [5.41, 5.74) is 1.63. The molecule has 0 aliphatic rings. The molecule has 132 valence electrons. The van der Waals surface area contributed by atoms with E-state index in [0.29, 0.717) is 22.7 Å². The maximum Gasteiger partial charge on any atom is 0.291 e. The fourth-order valence-electron chi connectivity index (χ4n) is 2.29. The van der Waals surface area contributed by atoms with Crippen LogP contribution in [0.4, 0.5) is 11.4 Å². The lowest BCUT2D eigenvalue weighted by atomic mass is 10.2. The molecular weight excluding hydrogens is 447 g/mol. The summed E-state index contributed by atoms with van der Waals surface area (Å²) >= 11 is 2.11. The van der Waals surface area contributed by atoms with Crippen molar-refractivity contribution in [2.75, 3.05) is 17.7 Å². The Balaban J connectivity index is 1.71. The minimum atomic E-state index is -0.358. The van der Waals surface area contributed by atoms with Crippen molar-refractivity contribution >= 4 is 45.8 Å². The summed E-state index contributed by atoms with van der Waals surface area (Å²) in [6.45, 7) is 0. The summed E-state index contributed by atoms with van der Waals surface area (Å²) in [7, 11) is 1.58. The van der Waals surface area contributed by atoms with E-state index in [1.165, 1.54) is 6.26 Å². The molecular formula is C19H15IN2O4. The number of halogens is 1. The highest BCUT2D eigenvalue weighted by Crippen LogP contribution is 2.23. The molecule has 0 unspecified atom stereocenters. The molecule has 2 aromatic carbocycles. The van der Waals surface area contributed by atoms with E-state index in [-0.39, 0.29) is 17.6 Å². The topological polar surface area (TPSA) is 80.6 Å². The third kappa shape index (κ3) is 4.23. The lowest BCUT2D eigenvalue weighted by molar-refractivity contribution is 0.0995. The molecule has 0 aliphatic heterocycles. The Hall–Kier alpha value is -2.81. The molecule has 7 heteroatoms. The standard InChI is InChI=1S/C19H15IN2O4/c1-25-16-8-7-12(10-15(16)20)18(23)21-13-4-2-5-14(11-13)22-19(24)17-6-3-9-26-17/h2-11H,1H3,(H,21,23)(H,22,24). The lowest BCUT2D eigenvalue weighted by Crippen LogP contribution is -2.13. The zero-order chi connectivity index (χ0) is 18.5. The zero-order valence-electron chi connectivity index (χ0n) is 13.8. The molecule has 3 rings (SSSR count). The summed E-state index contributed by atoms with van der Waals surface area (Å²) in [5, 5.41) is 5.53. The van der Waals surface area contributed by atoms with E-state index in [0.717, 1.165) is 3.57 Å². The number of hydrogen-bond acceptors (Lipinski definition) is 4. The second-order valence-electron chi connectivity index (χ2n) is 5.32. The van der Waals surface area contributed by atoms with Crippen molar-refractivity contribution in [2.24, 2.45) is 0 Å². The average molecular weight is 462 g/mol. The zero-order valence-corrected chi connectivity index (χ0v) is 15.9. The van der Waals surface area contributed by atoms with E-state index in [2.05, 4.69) is 33.2 Å². The summed E-state index contributed by atoms with van der Waals surface area (Å²) in [5.74, 6) is 0.320. The van der Waals surface area contributed by atoms with Crippen molar-refractivity contribution < 1.29 is 18.7 Å². The highest BCUT2D eigenvalue weighted by atomic mass is 127. The normalized spacial score (nSPS) is 10.2. The first-order chi connectivity index (χ1) is 12.6. The number of benzene rings is 2. The van der Waals surface area contributed by atoms with Gasteiger partial charge in [0.2, 0.25) is 0 Å². The highest BCUT2D eigenvalue weighted by Gasteiger charge is 2.11.